The second-order valence-corrected chi connectivity index (χ2v) is 9.88. The number of pyridine rings is 1. The average molecular weight is 449 g/mol. The predicted molar refractivity (Wildman–Crippen MR) is 130 cm³/mol. The van der Waals surface area contributed by atoms with Gasteiger partial charge in [0.2, 0.25) is 0 Å². The zero-order chi connectivity index (χ0) is 23.4. The summed E-state index contributed by atoms with van der Waals surface area (Å²) in [5.41, 5.74) is 4.18. The minimum absolute atomic E-state index is 0.0783. The van der Waals surface area contributed by atoms with Gasteiger partial charge < -0.3 is 10.2 Å². The Morgan fingerprint density at radius 1 is 1.09 bits per heavy atom. The summed E-state index contributed by atoms with van der Waals surface area (Å²) in [7, 11) is 4.20. The van der Waals surface area contributed by atoms with Crippen molar-refractivity contribution in [3.05, 3.63) is 71.3 Å². The second kappa shape index (κ2) is 9.93. The van der Waals surface area contributed by atoms with Gasteiger partial charge in [0.25, 0.3) is 0 Å². The molecule has 0 bridgehead atoms. The third-order valence-corrected chi connectivity index (χ3v) is 5.83. The molecular weight excluding hydrogens is 415 g/mol. The van der Waals surface area contributed by atoms with E-state index in [2.05, 4.69) is 48.0 Å². The number of nitrogens with zero attached hydrogens (tertiary/aromatic N) is 5. The van der Waals surface area contributed by atoms with Crippen LogP contribution in [-0.2, 0) is 19.5 Å². The molecule has 0 aliphatic carbocycles. The van der Waals surface area contributed by atoms with Crippen molar-refractivity contribution in [3.63, 3.8) is 0 Å². The summed E-state index contributed by atoms with van der Waals surface area (Å²) >= 11 is 0. The number of fused-ring (bicyclic) bond motifs is 1. The molecule has 174 valence electrons. The third kappa shape index (κ3) is 6.12. The van der Waals surface area contributed by atoms with Crippen molar-refractivity contribution >= 4 is 5.82 Å². The molecule has 3 aromatic rings. The van der Waals surface area contributed by atoms with Gasteiger partial charge in [0, 0.05) is 50.9 Å². The highest BCUT2D eigenvalue weighted by molar-refractivity contribution is 5.57. The van der Waals surface area contributed by atoms with Crippen LogP contribution in [0.1, 0.15) is 30.7 Å². The van der Waals surface area contributed by atoms with Crippen molar-refractivity contribution in [1.82, 2.24) is 24.8 Å². The van der Waals surface area contributed by atoms with Crippen LogP contribution >= 0.6 is 0 Å². The molecule has 3 heterocycles. The topological polar surface area (TPSA) is 57.2 Å². The lowest BCUT2D eigenvalue weighted by atomic mass is 9.92. The number of benzene rings is 1. The van der Waals surface area contributed by atoms with Gasteiger partial charge in [0.15, 0.2) is 5.82 Å². The number of rotatable bonds is 8. The molecule has 0 radical (unpaired) electrons. The van der Waals surface area contributed by atoms with Crippen LogP contribution in [0.2, 0.25) is 0 Å². The highest BCUT2D eigenvalue weighted by atomic mass is 19.1. The van der Waals surface area contributed by atoms with Crippen LogP contribution < -0.4 is 5.32 Å². The summed E-state index contributed by atoms with van der Waals surface area (Å²) in [6.07, 6.45) is 2.62. The zero-order valence-electron chi connectivity index (χ0n) is 20.0. The molecule has 0 atom stereocenters. The van der Waals surface area contributed by atoms with E-state index in [9.17, 15) is 4.39 Å². The van der Waals surface area contributed by atoms with Crippen LogP contribution in [0.3, 0.4) is 0 Å². The minimum Gasteiger partial charge on any atom is -0.369 e. The van der Waals surface area contributed by atoms with Gasteiger partial charge in [-0.25, -0.2) is 14.4 Å². The summed E-state index contributed by atoms with van der Waals surface area (Å²) in [5, 5.41) is 3.64. The van der Waals surface area contributed by atoms with Gasteiger partial charge in [0.1, 0.15) is 17.3 Å². The summed E-state index contributed by atoms with van der Waals surface area (Å²) in [4.78, 5) is 18.9. The van der Waals surface area contributed by atoms with Crippen molar-refractivity contribution in [2.24, 2.45) is 5.41 Å². The number of halogens is 1. The van der Waals surface area contributed by atoms with Crippen LogP contribution in [0, 0.1) is 11.2 Å². The molecule has 6 nitrogen and oxygen atoms in total. The Kier molecular flexibility index (Phi) is 7.00. The quantitative estimate of drug-likeness (QED) is 0.556. The van der Waals surface area contributed by atoms with Crippen LogP contribution in [0.25, 0.3) is 11.5 Å². The first-order chi connectivity index (χ1) is 15.8. The van der Waals surface area contributed by atoms with Gasteiger partial charge in [-0.3, -0.25) is 9.88 Å². The smallest absolute Gasteiger partial charge is 0.180 e. The molecule has 2 aromatic heterocycles. The van der Waals surface area contributed by atoms with E-state index in [1.165, 1.54) is 12.1 Å². The van der Waals surface area contributed by atoms with Crippen molar-refractivity contribution in [2.45, 2.75) is 33.4 Å². The van der Waals surface area contributed by atoms with Gasteiger partial charge in [-0.2, -0.15) is 0 Å². The monoisotopic (exact) mass is 448 g/mol. The molecule has 0 saturated carbocycles. The fourth-order valence-corrected chi connectivity index (χ4v) is 4.44. The molecule has 7 heteroatoms. The molecular formula is C26H33FN6. The maximum absolute atomic E-state index is 13.3. The fraction of sp³-hybridized carbons (Fsp3) is 0.423. The number of hydrogen-bond acceptors (Lipinski definition) is 6. The maximum atomic E-state index is 13.3. The molecule has 0 unspecified atom stereocenters. The Balaban J connectivity index is 1.61. The molecule has 1 aliphatic heterocycles. The van der Waals surface area contributed by atoms with Crippen LogP contribution in [0.5, 0.6) is 0 Å². The summed E-state index contributed by atoms with van der Waals surface area (Å²) in [6.45, 7) is 8.71. The van der Waals surface area contributed by atoms with Crippen LogP contribution in [0.15, 0.2) is 48.7 Å². The highest BCUT2D eigenvalue weighted by Gasteiger charge is 2.25. The maximum Gasteiger partial charge on any atom is 0.180 e. The van der Waals surface area contributed by atoms with Gasteiger partial charge in [-0.05, 0) is 49.3 Å². The zero-order valence-corrected chi connectivity index (χ0v) is 20.0. The van der Waals surface area contributed by atoms with E-state index in [-0.39, 0.29) is 11.2 Å². The van der Waals surface area contributed by atoms with Crippen LogP contribution in [-0.4, -0.2) is 58.5 Å². The lowest BCUT2D eigenvalue weighted by Gasteiger charge is -2.32. The largest absolute Gasteiger partial charge is 0.369 e. The molecule has 33 heavy (non-hydrogen) atoms. The highest BCUT2D eigenvalue weighted by Crippen LogP contribution is 2.29. The summed E-state index contributed by atoms with van der Waals surface area (Å²) in [6, 6.07) is 12.6. The molecule has 1 N–H and O–H groups in total. The van der Waals surface area contributed by atoms with E-state index < -0.39 is 0 Å². The molecule has 0 amide bonds. The summed E-state index contributed by atoms with van der Waals surface area (Å²) < 4.78 is 13.3. The number of anilines is 1. The molecule has 0 fully saturated rings. The molecule has 4 rings (SSSR count). The van der Waals surface area contributed by atoms with E-state index in [1.807, 2.05) is 30.3 Å². The normalized spacial score (nSPS) is 14.4. The van der Waals surface area contributed by atoms with Gasteiger partial charge in [-0.15, -0.1) is 0 Å². The Morgan fingerprint density at radius 2 is 1.88 bits per heavy atom. The van der Waals surface area contributed by atoms with Gasteiger partial charge in [0.05, 0.1) is 5.69 Å². The summed E-state index contributed by atoms with van der Waals surface area (Å²) in [5.74, 6) is 1.34. The molecule has 1 aromatic carbocycles. The fourth-order valence-electron chi connectivity index (χ4n) is 4.44. The SMILES string of the molecule is CN(C)CC(C)(C)CNc1nc(-c2ccccn2)nc2c1CN(Cc1ccc(F)cc1)CC2. The number of aromatic nitrogens is 3. The van der Waals surface area contributed by atoms with Crippen LogP contribution in [0.4, 0.5) is 10.2 Å². The molecule has 0 spiro atoms. The third-order valence-electron chi connectivity index (χ3n) is 5.83. The first-order valence-electron chi connectivity index (χ1n) is 11.5. The van der Waals surface area contributed by atoms with Crippen molar-refractivity contribution in [3.8, 4) is 11.5 Å². The lowest BCUT2D eigenvalue weighted by molar-refractivity contribution is 0.242. The Hall–Kier alpha value is -2.90. The number of hydrogen-bond donors (Lipinski definition) is 1. The average Bonchev–Trinajstić information content (AvgIpc) is 2.79. The van der Waals surface area contributed by atoms with Crippen molar-refractivity contribution < 1.29 is 4.39 Å². The number of nitrogens with one attached hydrogen (secondary N) is 1. The second-order valence-electron chi connectivity index (χ2n) is 9.88. The van der Waals surface area contributed by atoms with Crippen molar-refractivity contribution in [2.75, 3.05) is 39.0 Å². The lowest BCUT2D eigenvalue weighted by Crippen LogP contribution is -2.36. The van der Waals surface area contributed by atoms with E-state index in [0.717, 1.165) is 67.5 Å². The Morgan fingerprint density at radius 3 is 2.58 bits per heavy atom. The minimum atomic E-state index is -0.204. The predicted octanol–water partition coefficient (Wildman–Crippen LogP) is 4.24. The first-order valence-corrected chi connectivity index (χ1v) is 11.5. The Labute approximate surface area is 195 Å². The standard InChI is InChI=1S/C26H33FN6/c1-26(2,18-32(3)4)17-29-24-21-16-33(15-19-8-10-20(27)11-9-19)14-12-22(21)30-25(31-24)23-7-5-6-13-28-23/h5-11,13H,12,14-18H2,1-4H3,(H,29,30,31). The molecule has 0 saturated heterocycles. The van der Waals surface area contributed by atoms with E-state index in [4.69, 9.17) is 9.97 Å². The van der Waals surface area contributed by atoms with E-state index in [1.54, 1.807) is 6.20 Å². The Bertz CT molecular complexity index is 1070. The molecule has 1 aliphatic rings. The van der Waals surface area contributed by atoms with Gasteiger partial charge in [-0.1, -0.05) is 32.0 Å². The van der Waals surface area contributed by atoms with Gasteiger partial charge >= 0.3 is 0 Å². The van der Waals surface area contributed by atoms with E-state index >= 15 is 0 Å². The van der Waals surface area contributed by atoms with E-state index in [0.29, 0.717) is 5.82 Å². The van der Waals surface area contributed by atoms with Crippen molar-refractivity contribution in [1.29, 1.82) is 0 Å². The first kappa shape index (κ1) is 23.3.